The Morgan fingerprint density at radius 1 is 1.09 bits per heavy atom. The van der Waals surface area contributed by atoms with Gasteiger partial charge in [-0.05, 0) is 18.2 Å². The maximum atomic E-state index is 10.9. The normalized spacial score (nSPS) is 12.3. The Morgan fingerprint density at radius 2 is 1.96 bits per heavy atom. The maximum absolute atomic E-state index is 10.9. The molecule has 0 atom stereocenters. The fourth-order valence-electron chi connectivity index (χ4n) is 2.35. The molecule has 0 saturated carbocycles. The topological polar surface area (TPSA) is 74.5 Å². The van der Waals surface area contributed by atoms with Crippen molar-refractivity contribution in [1.82, 2.24) is 4.98 Å². The van der Waals surface area contributed by atoms with Crippen molar-refractivity contribution >= 4 is 17.0 Å². The number of nitro benzene ring substituents is 1. The molecule has 1 aromatic heterocycles. The molecule has 0 aliphatic carbocycles. The third kappa shape index (κ3) is 2.51. The fraction of sp³-hybridized carbons (Fsp3) is 0.0625. The first-order valence-corrected chi connectivity index (χ1v) is 7.69. The van der Waals surface area contributed by atoms with E-state index in [1.54, 1.807) is 6.07 Å². The van der Waals surface area contributed by atoms with Crippen LogP contribution in [0.15, 0.2) is 47.8 Å². The lowest BCUT2D eigenvalue weighted by atomic mass is 10.1. The average Bonchev–Trinajstić information content (AvgIpc) is 3.23. The summed E-state index contributed by atoms with van der Waals surface area (Å²) in [7, 11) is 0. The van der Waals surface area contributed by atoms with Gasteiger partial charge in [-0.15, -0.1) is 11.3 Å². The fourth-order valence-corrected chi connectivity index (χ4v) is 3.17. The largest absolute Gasteiger partial charge is 0.454 e. The molecule has 0 unspecified atom stereocenters. The lowest BCUT2D eigenvalue weighted by Crippen LogP contribution is -1.92. The van der Waals surface area contributed by atoms with Gasteiger partial charge in [0.25, 0.3) is 5.69 Å². The summed E-state index contributed by atoms with van der Waals surface area (Å²) >= 11 is 1.48. The maximum Gasteiger partial charge on any atom is 0.270 e. The Labute approximate surface area is 135 Å². The van der Waals surface area contributed by atoms with Gasteiger partial charge >= 0.3 is 0 Å². The second kappa shape index (κ2) is 5.36. The number of hydrogen-bond donors (Lipinski definition) is 0. The van der Waals surface area contributed by atoms with E-state index in [2.05, 4.69) is 4.98 Å². The van der Waals surface area contributed by atoms with Crippen LogP contribution in [0.25, 0.3) is 21.8 Å². The summed E-state index contributed by atoms with van der Waals surface area (Å²) in [4.78, 5) is 15.0. The Kier molecular flexibility index (Phi) is 3.20. The number of benzene rings is 2. The number of non-ortho nitro benzene ring substituents is 1. The lowest BCUT2D eigenvalue weighted by Gasteiger charge is -1.99. The summed E-state index contributed by atoms with van der Waals surface area (Å²) in [6, 6.07) is 12.1. The van der Waals surface area contributed by atoms with E-state index in [0.717, 1.165) is 21.9 Å². The minimum atomic E-state index is -0.408. The molecule has 0 radical (unpaired) electrons. The Balaban J connectivity index is 1.69. The third-order valence-electron chi connectivity index (χ3n) is 3.48. The summed E-state index contributed by atoms with van der Waals surface area (Å²) in [6.45, 7) is 0.232. The van der Waals surface area contributed by atoms with Crippen LogP contribution in [0.4, 0.5) is 5.69 Å². The van der Waals surface area contributed by atoms with Gasteiger partial charge in [-0.25, -0.2) is 4.98 Å². The Bertz CT molecular complexity index is 907. The molecule has 3 aromatic rings. The summed E-state index contributed by atoms with van der Waals surface area (Å²) < 4.78 is 10.7. The predicted octanol–water partition coefficient (Wildman–Crippen LogP) is 4.11. The molecule has 0 N–H and O–H groups in total. The molecule has 2 heterocycles. The van der Waals surface area contributed by atoms with Gasteiger partial charge in [0.1, 0.15) is 5.01 Å². The van der Waals surface area contributed by atoms with Gasteiger partial charge in [0.2, 0.25) is 6.79 Å². The van der Waals surface area contributed by atoms with Crippen LogP contribution in [-0.2, 0) is 0 Å². The van der Waals surface area contributed by atoms with Crippen LogP contribution in [0.3, 0.4) is 0 Å². The van der Waals surface area contributed by atoms with E-state index < -0.39 is 4.92 Å². The van der Waals surface area contributed by atoms with Gasteiger partial charge < -0.3 is 9.47 Å². The van der Waals surface area contributed by atoms with Gasteiger partial charge in [0.15, 0.2) is 11.5 Å². The zero-order valence-corrected chi connectivity index (χ0v) is 12.6. The smallest absolute Gasteiger partial charge is 0.270 e. The van der Waals surface area contributed by atoms with E-state index in [4.69, 9.17) is 9.47 Å². The zero-order chi connectivity index (χ0) is 15.8. The van der Waals surface area contributed by atoms with Crippen molar-refractivity contribution in [3.8, 4) is 33.3 Å². The van der Waals surface area contributed by atoms with Crippen molar-refractivity contribution in [3.63, 3.8) is 0 Å². The highest BCUT2D eigenvalue weighted by Gasteiger charge is 2.16. The highest BCUT2D eigenvalue weighted by molar-refractivity contribution is 7.13. The van der Waals surface area contributed by atoms with E-state index in [1.807, 2.05) is 29.6 Å². The van der Waals surface area contributed by atoms with Crippen molar-refractivity contribution in [1.29, 1.82) is 0 Å². The van der Waals surface area contributed by atoms with Crippen LogP contribution in [-0.4, -0.2) is 16.7 Å². The standard InChI is InChI=1S/C16H10N2O4S/c19-18(20)12-3-1-2-10(6-12)13-8-23-16(17-13)11-4-5-14-15(7-11)22-9-21-14/h1-8H,9H2. The molecule has 0 saturated heterocycles. The number of nitro groups is 1. The van der Waals surface area contributed by atoms with Crippen molar-refractivity contribution in [2.75, 3.05) is 6.79 Å². The summed E-state index contributed by atoms with van der Waals surface area (Å²) in [5.74, 6) is 1.43. The first-order valence-electron chi connectivity index (χ1n) is 6.81. The number of hydrogen-bond acceptors (Lipinski definition) is 6. The van der Waals surface area contributed by atoms with E-state index in [0.29, 0.717) is 11.4 Å². The molecule has 2 aromatic carbocycles. The molecule has 4 rings (SSSR count). The van der Waals surface area contributed by atoms with Gasteiger partial charge in [0, 0.05) is 28.6 Å². The van der Waals surface area contributed by atoms with Gasteiger partial charge in [-0.1, -0.05) is 12.1 Å². The number of aromatic nitrogens is 1. The monoisotopic (exact) mass is 326 g/mol. The molecule has 1 aliphatic heterocycles. The Morgan fingerprint density at radius 3 is 2.83 bits per heavy atom. The summed E-state index contributed by atoms with van der Waals surface area (Å²) in [5, 5.41) is 13.6. The van der Waals surface area contributed by atoms with Gasteiger partial charge in [-0.2, -0.15) is 0 Å². The molecule has 114 valence electrons. The highest BCUT2D eigenvalue weighted by atomic mass is 32.1. The molecule has 0 spiro atoms. The second-order valence-corrected chi connectivity index (χ2v) is 5.77. The van der Waals surface area contributed by atoms with Crippen molar-refractivity contribution in [2.24, 2.45) is 0 Å². The molecule has 0 amide bonds. The highest BCUT2D eigenvalue weighted by Crippen LogP contribution is 2.37. The van der Waals surface area contributed by atoms with Crippen molar-refractivity contribution < 1.29 is 14.4 Å². The summed E-state index contributed by atoms with van der Waals surface area (Å²) in [5.41, 5.74) is 2.42. The molecule has 0 fully saturated rings. The molecular formula is C16H10N2O4S. The van der Waals surface area contributed by atoms with Crippen LogP contribution in [0.1, 0.15) is 0 Å². The molecule has 7 heteroatoms. The first-order chi connectivity index (χ1) is 11.2. The molecular weight excluding hydrogens is 316 g/mol. The van der Waals surface area contributed by atoms with E-state index >= 15 is 0 Å². The molecule has 1 aliphatic rings. The average molecular weight is 326 g/mol. The number of nitrogens with zero attached hydrogens (tertiary/aromatic N) is 2. The number of ether oxygens (including phenoxy) is 2. The second-order valence-electron chi connectivity index (χ2n) is 4.91. The zero-order valence-electron chi connectivity index (χ0n) is 11.8. The van der Waals surface area contributed by atoms with Crippen LogP contribution in [0.5, 0.6) is 11.5 Å². The lowest BCUT2D eigenvalue weighted by molar-refractivity contribution is -0.384. The van der Waals surface area contributed by atoms with Crippen molar-refractivity contribution in [2.45, 2.75) is 0 Å². The minimum Gasteiger partial charge on any atom is -0.454 e. The van der Waals surface area contributed by atoms with Crippen LogP contribution >= 0.6 is 11.3 Å². The van der Waals surface area contributed by atoms with E-state index in [9.17, 15) is 10.1 Å². The molecule has 0 bridgehead atoms. The first kappa shape index (κ1) is 13.7. The minimum absolute atomic E-state index is 0.0557. The predicted molar refractivity (Wildman–Crippen MR) is 85.8 cm³/mol. The van der Waals surface area contributed by atoms with Crippen LogP contribution < -0.4 is 9.47 Å². The van der Waals surface area contributed by atoms with Crippen LogP contribution in [0, 0.1) is 10.1 Å². The number of thiazole rings is 1. The third-order valence-corrected chi connectivity index (χ3v) is 4.37. The van der Waals surface area contributed by atoms with E-state index in [-0.39, 0.29) is 12.5 Å². The van der Waals surface area contributed by atoms with Gasteiger partial charge in [-0.3, -0.25) is 10.1 Å². The Hall–Kier alpha value is -2.93. The molecule has 6 nitrogen and oxygen atoms in total. The molecule has 23 heavy (non-hydrogen) atoms. The van der Waals surface area contributed by atoms with E-state index in [1.165, 1.54) is 23.5 Å². The SMILES string of the molecule is O=[N+]([O-])c1cccc(-c2csc(-c3ccc4c(c3)OCO4)n2)c1. The van der Waals surface area contributed by atoms with Gasteiger partial charge in [0.05, 0.1) is 10.6 Å². The van der Waals surface area contributed by atoms with Crippen molar-refractivity contribution in [3.05, 3.63) is 58.0 Å². The van der Waals surface area contributed by atoms with Crippen LogP contribution in [0.2, 0.25) is 0 Å². The number of rotatable bonds is 3. The number of fused-ring (bicyclic) bond motifs is 1. The quantitative estimate of drug-likeness (QED) is 0.535. The summed E-state index contributed by atoms with van der Waals surface area (Å²) in [6.07, 6.45) is 0.